The molecule has 5 nitrogen and oxygen atoms in total. The minimum absolute atomic E-state index is 0.117. The third-order valence-corrected chi connectivity index (χ3v) is 3.44. The standard InChI is InChI=1S/C13H18N2O3/c16-11-4-2-1-3-9(11)7-15-13(18)10-5-6-14-8-12(10)17/h5-6,8-9,11,16-17H,1-4,7H2,(H,15,18). The first-order valence-electron chi connectivity index (χ1n) is 6.27. The Morgan fingerprint density at radius 1 is 1.44 bits per heavy atom. The molecule has 0 aromatic carbocycles. The van der Waals surface area contributed by atoms with Crippen LogP contribution in [0.1, 0.15) is 36.0 Å². The van der Waals surface area contributed by atoms with Crippen LogP contribution in [0.5, 0.6) is 5.75 Å². The highest BCUT2D eigenvalue weighted by Crippen LogP contribution is 2.23. The van der Waals surface area contributed by atoms with Gasteiger partial charge in [0, 0.05) is 18.7 Å². The third kappa shape index (κ3) is 2.98. The predicted molar refractivity (Wildman–Crippen MR) is 66.2 cm³/mol. The van der Waals surface area contributed by atoms with E-state index in [1.165, 1.54) is 18.5 Å². The minimum atomic E-state index is -0.329. The highest BCUT2D eigenvalue weighted by atomic mass is 16.3. The lowest BCUT2D eigenvalue weighted by atomic mass is 9.86. The van der Waals surface area contributed by atoms with E-state index in [0.717, 1.165) is 25.7 Å². The number of hydrogen-bond donors (Lipinski definition) is 3. The summed E-state index contributed by atoms with van der Waals surface area (Å²) < 4.78 is 0. The van der Waals surface area contributed by atoms with Gasteiger partial charge in [0.25, 0.3) is 5.91 Å². The van der Waals surface area contributed by atoms with Crippen LogP contribution in [0.4, 0.5) is 0 Å². The van der Waals surface area contributed by atoms with Crippen molar-refractivity contribution in [3.05, 3.63) is 24.0 Å². The molecular weight excluding hydrogens is 232 g/mol. The van der Waals surface area contributed by atoms with Gasteiger partial charge in [0.2, 0.25) is 0 Å². The highest BCUT2D eigenvalue weighted by Gasteiger charge is 2.23. The molecule has 0 saturated heterocycles. The van der Waals surface area contributed by atoms with E-state index in [4.69, 9.17) is 0 Å². The second-order valence-corrected chi connectivity index (χ2v) is 4.71. The zero-order valence-corrected chi connectivity index (χ0v) is 10.2. The molecule has 18 heavy (non-hydrogen) atoms. The van der Waals surface area contributed by atoms with E-state index < -0.39 is 0 Å². The number of pyridine rings is 1. The molecule has 2 unspecified atom stereocenters. The first kappa shape index (κ1) is 12.8. The number of nitrogens with one attached hydrogen (secondary N) is 1. The lowest BCUT2D eigenvalue weighted by Gasteiger charge is -2.27. The molecule has 98 valence electrons. The second-order valence-electron chi connectivity index (χ2n) is 4.71. The molecule has 1 aliphatic rings. The van der Waals surface area contributed by atoms with Gasteiger partial charge < -0.3 is 15.5 Å². The number of aliphatic hydroxyl groups is 1. The second kappa shape index (κ2) is 5.82. The Morgan fingerprint density at radius 2 is 2.22 bits per heavy atom. The molecule has 2 atom stereocenters. The summed E-state index contributed by atoms with van der Waals surface area (Å²) in [6, 6.07) is 1.47. The van der Waals surface area contributed by atoms with Gasteiger partial charge in [-0.2, -0.15) is 0 Å². The molecule has 0 bridgehead atoms. The number of nitrogens with zero attached hydrogens (tertiary/aromatic N) is 1. The van der Waals surface area contributed by atoms with Crippen LogP contribution >= 0.6 is 0 Å². The summed E-state index contributed by atoms with van der Waals surface area (Å²) in [6.45, 7) is 0.446. The third-order valence-electron chi connectivity index (χ3n) is 3.44. The van der Waals surface area contributed by atoms with Gasteiger partial charge >= 0.3 is 0 Å². The molecule has 0 aliphatic heterocycles. The fourth-order valence-electron chi connectivity index (χ4n) is 2.32. The normalized spacial score (nSPS) is 23.6. The molecular formula is C13H18N2O3. The van der Waals surface area contributed by atoms with E-state index in [0.29, 0.717) is 6.54 Å². The zero-order chi connectivity index (χ0) is 13.0. The molecule has 1 saturated carbocycles. The predicted octanol–water partition coefficient (Wildman–Crippen LogP) is 1.07. The maximum atomic E-state index is 11.8. The molecule has 1 heterocycles. The smallest absolute Gasteiger partial charge is 0.255 e. The summed E-state index contributed by atoms with van der Waals surface area (Å²) >= 11 is 0. The highest BCUT2D eigenvalue weighted by molar-refractivity contribution is 5.96. The number of aromatic hydroxyl groups is 1. The Kier molecular flexibility index (Phi) is 4.15. The molecule has 1 amide bonds. The van der Waals surface area contributed by atoms with Crippen LogP contribution in [0.2, 0.25) is 0 Å². The molecule has 0 spiro atoms. The summed E-state index contributed by atoms with van der Waals surface area (Å²) in [5.74, 6) is -0.335. The number of rotatable bonds is 3. The molecule has 1 aliphatic carbocycles. The maximum Gasteiger partial charge on any atom is 0.255 e. The number of carbonyl (C=O) groups is 1. The first-order chi connectivity index (χ1) is 8.68. The maximum absolute atomic E-state index is 11.8. The van der Waals surface area contributed by atoms with Gasteiger partial charge in [-0.1, -0.05) is 12.8 Å². The van der Waals surface area contributed by atoms with E-state index in [1.54, 1.807) is 0 Å². The zero-order valence-electron chi connectivity index (χ0n) is 10.2. The summed E-state index contributed by atoms with van der Waals surface area (Å²) in [7, 11) is 0. The van der Waals surface area contributed by atoms with E-state index >= 15 is 0 Å². The van der Waals surface area contributed by atoms with Crippen LogP contribution in [0.15, 0.2) is 18.5 Å². The fourth-order valence-corrected chi connectivity index (χ4v) is 2.32. The Hall–Kier alpha value is -1.62. The Labute approximate surface area is 106 Å². The van der Waals surface area contributed by atoms with Crippen molar-refractivity contribution in [1.29, 1.82) is 0 Å². The SMILES string of the molecule is O=C(NCC1CCCCC1O)c1ccncc1O. The Bertz CT molecular complexity index is 422. The van der Waals surface area contributed by atoms with Crippen LogP contribution in [0, 0.1) is 5.92 Å². The summed E-state index contributed by atoms with van der Waals surface area (Å²) in [4.78, 5) is 15.6. The molecule has 3 N–H and O–H groups in total. The van der Waals surface area contributed by atoms with Crippen molar-refractivity contribution in [2.24, 2.45) is 5.92 Å². The Morgan fingerprint density at radius 3 is 2.94 bits per heavy atom. The van der Waals surface area contributed by atoms with Gasteiger partial charge in [-0.25, -0.2) is 0 Å². The van der Waals surface area contributed by atoms with Gasteiger partial charge in [-0.15, -0.1) is 0 Å². The number of amides is 1. The monoisotopic (exact) mass is 250 g/mol. The van der Waals surface area contributed by atoms with Gasteiger partial charge in [0.15, 0.2) is 0 Å². The first-order valence-corrected chi connectivity index (χ1v) is 6.27. The molecule has 1 fully saturated rings. The fraction of sp³-hybridized carbons (Fsp3) is 0.538. The summed E-state index contributed by atoms with van der Waals surface area (Å²) in [5, 5.41) is 22.0. The van der Waals surface area contributed by atoms with Gasteiger partial charge in [0.1, 0.15) is 5.75 Å². The van der Waals surface area contributed by atoms with Crippen molar-refractivity contribution in [3.63, 3.8) is 0 Å². The number of carbonyl (C=O) groups excluding carboxylic acids is 1. The van der Waals surface area contributed by atoms with Crippen molar-refractivity contribution >= 4 is 5.91 Å². The van der Waals surface area contributed by atoms with Gasteiger partial charge in [-0.05, 0) is 18.9 Å². The molecule has 2 rings (SSSR count). The van der Waals surface area contributed by atoms with E-state index in [-0.39, 0.29) is 29.2 Å². The minimum Gasteiger partial charge on any atom is -0.505 e. The molecule has 5 heteroatoms. The van der Waals surface area contributed by atoms with Crippen LogP contribution in [-0.4, -0.2) is 33.8 Å². The molecule has 0 radical (unpaired) electrons. The number of aromatic nitrogens is 1. The van der Waals surface area contributed by atoms with Crippen molar-refractivity contribution < 1.29 is 15.0 Å². The van der Waals surface area contributed by atoms with Crippen LogP contribution in [0.3, 0.4) is 0 Å². The van der Waals surface area contributed by atoms with E-state index in [2.05, 4.69) is 10.3 Å². The summed E-state index contributed by atoms with van der Waals surface area (Å²) in [5.41, 5.74) is 0.218. The lowest BCUT2D eigenvalue weighted by Crippen LogP contribution is -2.36. The quantitative estimate of drug-likeness (QED) is 0.749. The largest absolute Gasteiger partial charge is 0.505 e. The Balaban J connectivity index is 1.90. The van der Waals surface area contributed by atoms with E-state index in [9.17, 15) is 15.0 Å². The van der Waals surface area contributed by atoms with Crippen LogP contribution < -0.4 is 5.32 Å². The molecule has 1 aromatic heterocycles. The van der Waals surface area contributed by atoms with Gasteiger partial charge in [-0.3, -0.25) is 9.78 Å². The lowest BCUT2D eigenvalue weighted by molar-refractivity contribution is 0.0662. The average molecular weight is 250 g/mol. The van der Waals surface area contributed by atoms with Crippen molar-refractivity contribution in [2.75, 3.05) is 6.54 Å². The van der Waals surface area contributed by atoms with Crippen molar-refractivity contribution in [3.8, 4) is 5.75 Å². The van der Waals surface area contributed by atoms with Crippen LogP contribution in [-0.2, 0) is 0 Å². The topological polar surface area (TPSA) is 82.5 Å². The summed E-state index contributed by atoms with van der Waals surface area (Å²) in [6.07, 6.45) is 6.26. The van der Waals surface area contributed by atoms with Crippen molar-refractivity contribution in [2.45, 2.75) is 31.8 Å². The average Bonchev–Trinajstić information content (AvgIpc) is 2.38. The van der Waals surface area contributed by atoms with Gasteiger partial charge in [0.05, 0.1) is 17.9 Å². The number of aliphatic hydroxyl groups excluding tert-OH is 1. The van der Waals surface area contributed by atoms with Crippen molar-refractivity contribution in [1.82, 2.24) is 10.3 Å². The van der Waals surface area contributed by atoms with E-state index in [1.807, 2.05) is 0 Å². The number of hydrogen-bond acceptors (Lipinski definition) is 4. The molecule has 1 aromatic rings. The van der Waals surface area contributed by atoms with Crippen LogP contribution in [0.25, 0.3) is 0 Å².